The van der Waals surface area contributed by atoms with Gasteiger partial charge in [-0.15, -0.1) is 0 Å². The Morgan fingerprint density at radius 2 is 2.05 bits per heavy atom. The van der Waals surface area contributed by atoms with Crippen LogP contribution in [0.1, 0.15) is 30.0 Å². The molecule has 0 saturated heterocycles. The lowest BCUT2D eigenvalue weighted by atomic mass is 10.2. The molecule has 0 unspecified atom stereocenters. The van der Waals surface area contributed by atoms with E-state index >= 15 is 0 Å². The quantitative estimate of drug-likeness (QED) is 0.910. The van der Waals surface area contributed by atoms with Crippen molar-refractivity contribution in [1.29, 1.82) is 0 Å². The summed E-state index contributed by atoms with van der Waals surface area (Å²) in [6.45, 7) is 4.39. The molecular formula is C15H19N3O2. The van der Waals surface area contributed by atoms with Crippen LogP contribution in [0.15, 0.2) is 36.7 Å². The molecule has 1 amide bonds. The smallest absolute Gasteiger partial charge is 0.254 e. The summed E-state index contributed by atoms with van der Waals surface area (Å²) in [5, 5.41) is 0. The van der Waals surface area contributed by atoms with Crippen LogP contribution in [0.4, 0.5) is 0 Å². The van der Waals surface area contributed by atoms with Gasteiger partial charge in [0, 0.05) is 25.0 Å². The monoisotopic (exact) mass is 273 g/mol. The number of benzene rings is 1. The van der Waals surface area contributed by atoms with E-state index < -0.39 is 0 Å². The second-order valence-electron chi connectivity index (χ2n) is 4.89. The Balaban J connectivity index is 2.01. The summed E-state index contributed by atoms with van der Waals surface area (Å²) in [5.74, 6) is 1.49. The number of carbonyl (C=O) groups excluding carboxylic acids is 1. The van der Waals surface area contributed by atoms with Gasteiger partial charge in [-0.25, -0.2) is 4.98 Å². The first kappa shape index (κ1) is 14.1. The summed E-state index contributed by atoms with van der Waals surface area (Å²) in [6.07, 6.45) is 3.54. The van der Waals surface area contributed by atoms with Crippen molar-refractivity contribution in [2.45, 2.75) is 26.5 Å². The van der Waals surface area contributed by atoms with E-state index in [4.69, 9.17) is 4.74 Å². The topological polar surface area (TPSA) is 58.2 Å². The predicted octanol–water partition coefficient (Wildman–Crippen LogP) is 2.47. The molecule has 0 saturated carbocycles. The molecule has 5 nitrogen and oxygen atoms in total. The first-order valence-electron chi connectivity index (χ1n) is 6.56. The molecule has 1 aromatic heterocycles. The molecule has 1 aromatic carbocycles. The van der Waals surface area contributed by atoms with Gasteiger partial charge in [0.25, 0.3) is 5.91 Å². The lowest BCUT2D eigenvalue weighted by Gasteiger charge is -2.16. The Morgan fingerprint density at radius 3 is 2.60 bits per heavy atom. The normalized spacial score (nSPS) is 10.6. The van der Waals surface area contributed by atoms with E-state index in [2.05, 4.69) is 9.97 Å². The number of H-pyrrole nitrogens is 1. The third-order valence-electron chi connectivity index (χ3n) is 2.76. The van der Waals surface area contributed by atoms with Gasteiger partial charge in [0.05, 0.1) is 12.6 Å². The predicted molar refractivity (Wildman–Crippen MR) is 76.6 cm³/mol. The molecule has 0 fully saturated rings. The Bertz CT molecular complexity index is 547. The van der Waals surface area contributed by atoms with Gasteiger partial charge in [0.2, 0.25) is 0 Å². The maximum atomic E-state index is 12.2. The Morgan fingerprint density at radius 1 is 1.35 bits per heavy atom. The summed E-state index contributed by atoms with van der Waals surface area (Å²) in [5.41, 5.74) is 0.634. The van der Waals surface area contributed by atoms with Gasteiger partial charge in [-0.1, -0.05) is 0 Å². The molecule has 0 radical (unpaired) electrons. The summed E-state index contributed by atoms with van der Waals surface area (Å²) in [4.78, 5) is 21.0. The number of hydrogen-bond donors (Lipinski definition) is 1. The van der Waals surface area contributed by atoms with Gasteiger partial charge in [-0.3, -0.25) is 4.79 Å². The maximum Gasteiger partial charge on any atom is 0.254 e. The average Bonchev–Trinajstić information content (AvgIpc) is 2.91. The molecule has 0 spiro atoms. The molecule has 1 N–H and O–H groups in total. The molecule has 0 aliphatic rings. The Labute approximate surface area is 118 Å². The highest BCUT2D eigenvalue weighted by atomic mass is 16.5. The van der Waals surface area contributed by atoms with E-state index in [1.165, 1.54) is 0 Å². The number of aromatic nitrogens is 2. The highest BCUT2D eigenvalue weighted by Gasteiger charge is 2.13. The number of nitrogens with one attached hydrogen (secondary N) is 1. The SMILES string of the molecule is CC(C)Oc1ccc(C(=O)N(C)Cc2ncc[nH]2)cc1. The number of imidazole rings is 1. The minimum absolute atomic E-state index is 0.0440. The van der Waals surface area contributed by atoms with Gasteiger partial charge in [0.15, 0.2) is 0 Å². The Kier molecular flexibility index (Phi) is 4.40. The highest BCUT2D eigenvalue weighted by Crippen LogP contribution is 2.15. The summed E-state index contributed by atoms with van der Waals surface area (Å²) in [7, 11) is 1.75. The van der Waals surface area contributed by atoms with E-state index in [1.54, 1.807) is 36.5 Å². The van der Waals surface area contributed by atoms with Gasteiger partial charge in [-0.05, 0) is 38.1 Å². The summed E-state index contributed by atoms with van der Waals surface area (Å²) < 4.78 is 5.55. The molecule has 0 aliphatic carbocycles. The maximum absolute atomic E-state index is 12.2. The first-order valence-corrected chi connectivity index (χ1v) is 6.56. The summed E-state index contributed by atoms with van der Waals surface area (Å²) in [6, 6.07) is 7.18. The number of ether oxygens (including phenoxy) is 1. The molecule has 1 heterocycles. The fourth-order valence-electron chi connectivity index (χ4n) is 1.85. The van der Waals surface area contributed by atoms with Gasteiger partial charge in [0.1, 0.15) is 11.6 Å². The molecule has 20 heavy (non-hydrogen) atoms. The number of rotatable bonds is 5. The van der Waals surface area contributed by atoms with Crippen molar-refractivity contribution in [3.05, 3.63) is 48.0 Å². The molecule has 106 valence electrons. The van der Waals surface area contributed by atoms with Crippen LogP contribution in [0.3, 0.4) is 0 Å². The fraction of sp³-hybridized carbons (Fsp3) is 0.333. The lowest BCUT2D eigenvalue weighted by molar-refractivity contribution is 0.0782. The zero-order valence-electron chi connectivity index (χ0n) is 12.0. The van der Waals surface area contributed by atoms with E-state index in [0.29, 0.717) is 12.1 Å². The zero-order chi connectivity index (χ0) is 14.5. The molecule has 0 atom stereocenters. The van der Waals surface area contributed by atoms with E-state index in [9.17, 15) is 4.79 Å². The number of carbonyl (C=O) groups is 1. The molecule has 2 rings (SSSR count). The van der Waals surface area contributed by atoms with Crippen LogP contribution >= 0.6 is 0 Å². The van der Waals surface area contributed by atoms with Crippen LogP contribution in [0.25, 0.3) is 0 Å². The molecular weight excluding hydrogens is 254 g/mol. The number of nitrogens with zero attached hydrogens (tertiary/aromatic N) is 2. The third-order valence-corrected chi connectivity index (χ3v) is 2.76. The van der Waals surface area contributed by atoms with Gasteiger partial charge in [-0.2, -0.15) is 0 Å². The lowest BCUT2D eigenvalue weighted by Crippen LogP contribution is -2.26. The molecule has 0 bridgehead atoms. The van der Waals surface area contributed by atoms with Crippen molar-refractivity contribution in [3.8, 4) is 5.75 Å². The van der Waals surface area contributed by atoms with E-state index in [0.717, 1.165) is 11.6 Å². The van der Waals surface area contributed by atoms with Crippen LogP contribution in [-0.2, 0) is 6.54 Å². The van der Waals surface area contributed by atoms with Crippen LogP contribution in [-0.4, -0.2) is 33.9 Å². The first-order chi connectivity index (χ1) is 9.56. The van der Waals surface area contributed by atoms with Crippen molar-refractivity contribution < 1.29 is 9.53 Å². The van der Waals surface area contributed by atoms with Crippen LogP contribution in [0, 0.1) is 0 Å². The fourth-order valence-corrected chi connectivity index (χ4v) is 1.85. The van der Waals surface area contributed by atoms with E-state index in [-0.39, 0.29) is 12.0 Å². The largest absolute Gasteiger partial charge is 0.491 e. The van der Waals surface area contributed by atoms with Crippen molar-refractivity contribution in [2.24, 2.45) is 0 Å². The number of amides is 1. The van der Waals surface area contributed by atoms with Crippen LogP contribution in [0.5, 0.6) is 5.75 Å². The van der Waals surface area contributed by atoms with Crippen LogP contribution in [0.2, 0.25) is 0 Å². The molecule has 5 heteroatoms. The Hall–Kier alpha value is -2.30. The zero-order valence-corrected chi connectivity index (χ0v) is 12.0. The minimum atomic E-state index is -0.0440. The number of hydrogen-bond acceptors (Lipinski definition) is 3. The van der Waals surface area contributed by atoms with Crippen molar-refractivity contribution >= 4 is 5.91 Å². The second-order valence-corrected chi connectivity index (χ2v) is 4.89. The molecule has 2 aromatic rings. The van der Waals surface area contributed by atoms with E-state index in [1.807, 2.05) is 26.0 Å². The van der Waals surface area contributed by atoms with Gasteiger partial charge >= 0.3 is 0 Å². The van der Waals surface area contributed by atoms with Crippen molar-refractivity contribution in [1.82, 2.24) is 14.9 Å². The van der Waals surface area contributed by atoms with Crippen molar-refractivity contribution in [3.63, 3.8) is 0 Å². The average molecular weight is 273 g/mol. The molecule has 0 aliphatic heterocycles. The highest BCUT2D eigenvalue weighted by molar-refractivity contribution is 5.94. The van der Waals surface area contributed by atoms with Gasteiger partial charge < -0.3 is 14.6 Å². The number of aromatic amines is 1. The minimum Gasteiger partial charge on any atom is -0.491 e. The summed E-state index contributed by atoms with van der Waals surface area (Å²) >= 11 is 0. The second kappa shape index (κ2) is 6.23. The third kappa shape index (κ3) is 3.60. The van der Waals surface area contributed by atoms with Crippen LogP contribution < -0.4 is 4.74 Å². The standard InChI is InChI=1S/C15H19N3O2/c1-11(2)20-13-6-4-12(5-7-13)15(19)18(3)10-14-16-8-9-17-14/h4-9,11H,10H2,1-3H3,(H,16,17). The van der Waals surface area contributed by atoms with Crippen molar-refractivity contribution in [2.75, 3.05) is 7.05 Å².